The van der Waals surface area contributed by atoms with Crippen molar-refractivity contribution in [3.05, 3.63) is 24.3 Å². The maximum Gasteiger partial charge on any atom is 0.472 e. The second kappa shape index (κ2) is 38.8. The first-order valence-electron chi connectivity index (χ1n) is 25.4. The van der Waals surface area contributed by atoms with E-state index in [9.17, 15) is 50.0 Å². The van der Waals surface area contributed by atoms with E-state index in [0.717, 1.165) is 44.9 Å². The van der Waals surface area contributed by atoms with Gasteiger partial charge in [-0.3, -0.25) is 13.8 Å². The summed E-state index contributed by atoms with van der Waals surface area (Å²) in [5, 5.41) is 74.6. The number of rotatable bonds is 42. The van der Waals surface area contributed by atoms with E-state index in [1.807, 2.05) is 0 Å². The van der Waals surface area contributed by atoms with E-state index < -0.39 is 75.2 Å². The minimum Gasteiger partial charge on any atom is -0.393 e. The number of amides is 1. The average molecular weight is 920 g/mol. The van der Waals surface area contributed by atoms with Crippen molar-refractivity contribution in [3.63, 3.8) is 0 Å². The molecule has 1 amide bonds. The summed E-state index contributed by atoms with van der Waals surface area (Å²) >= 11 is 0. The predicted octanol–water partition coefficient (Wildman–Crippen LogP) is 9.15. The zero-order chi connectivity index (χ0) is 46.6. The van der Waals surface area contributed by atoms with Crippen LogP contribution in [0, 0.1) is 0 Å². The number of phosphoric acid groups is 1. The second-order valence-electron chi connectivity index (χ2n) is 18.2. The molecular formula is C49H94NO12P. The zero-order valence-corrected chi connectivity index (χ0v) is 40.4. The lowest BCUT2D eigenvalue weighted by Crippen LogP contribution is -2.64. The van der Waals surface area contributed by atoms with Crippen molar-refractivity contribution in [2.24, 2.45) is 0 Å². The summed E-state index contributed by atoms with van der Waals surface area (Å²) in [6.07, 6.45) is 29.8. The number of aliphatic hydroxyl groups is 7. The Morgan fingerprint density at radius 1 is 0.556 bits per heavy atom. The molecule has 0 saturated heterocycles. The van der Waals surface area contributed by atoms with Crippen LogP contribution in [0.1, 0.15) is 219 Å². The summed E-state index contributed by atoms with van der Waals surface area (Å²) in [6.45, 7) is 3.75. The molecule has 0 aromatic carbocycles. The van der Waals surface area contributed by atoms with Gasteiger partial charge in [-0.05, 0) is 32.1 Å². The first-order chi connectivity index (χ1) is 30.3. The Morgan fingerprint density at radius 3 is 1.40 bits per heavy atom. The molecule has 1 saturated carbocycles. The second-order valence-corrected chi connectivity index (χ2v) is 19.6. The summed E-state index contributed by atoms with van der Waals surface area (Å²) < 4.78 is 22.9. The third-order valence-corrected chi connectivity index (χ3v) is 13.3. The molecule has 8 atom stereocenters. The maximum absolute atomic E-state index is 13.0. The Balaban J connectivity index is 2.53. The lowest BCUT2D eigenvalue weighted by Gasteiger charge is -2.41. The Bertz CT molecular complexity index is 1180. The first-order valence-corrected chi connectivity index (χ1v) is 26.9. The van der Waals surface area contributed by atoms with Crippen molar-refractivity contribution in [2.75, 3.05) is 6.61 Å². The fraction of sp³-hybridized carbons (Fsp3) is 0.898. The van der Waals surface area contributed by atoms with Gasteiger partial charge in [0, 0.05) is 0 Å². The smallest absolute Gasteiger partial charge is 0.393 e. The Hall–Kier alpha value is -1.22. The molecular weight excluding hydrogens is 826 g/mol. The third-order valence-electron chi connectivity index (χ3n) is 12.3. The van der Waals surface area contributed by atoms with Crippen LogP contribution in [-0.2, 0) is 18.4 Å². The van der Waals surface area contributed by atoms with Gasteiger partial charge in [-0.15, -0.1) is 0 Å². The number of unbranched alkanes of at least 4 members (excludes halogenated alkanes) is 27. The molecule has 14 heteroatoms. The van der Waals surface area contributed by atoms with Crippen molar-refractivity contribution in [2.45, 2.75) is 274 Å². The number of carbonyl (C=O) groups is 1. The fourth-order valence-electron chi connectivity index (χ4n) is 8.14. The van der Waals surface area contributed by atoms with Crippen LogP contribution in [0.3, 0.4) is 0 Å². The summed E-state index contributed by atoms with van der Waals surface area (Å²) in [5.41, 5.74) is 0. The molecule has 0 radical (unpaired) electrons. The number of phosphoric ester groups is 1. The number of hydrogen-bond acceptors (Lipinski definition) is 11. The lowest BCUT2D eigenvalue weighted by molar-refractivity contribution is -0.220. The number of allylic oxidation sites excluding steroid dienone is 3. The molecule has 13 nitrogen and oxygen atoms in total. The monoisotopic (exact) mass is 920 g/mol. The molecule has 1 fully saturated rings. The highest BCUT2D eigenvalue weighted by Crippen LogP contribution is 2.47. The van der Waals surface area contributed by atoms with Crippen molar-refractivity contribution < 1.29 is 59.0 Å². The highest BCUT2D eigenvalue weighted by Gasteiger charge is 2.51. The van der Waals surface area contributed by atoms with Crippen LogP contribution in [0.25, 0.3) is 0 Å². The van der Waals surface area contributed by atoms with Crippen LogP contribution in [0.15, 0.2) is 24.3 Å². The summed E-state index contributed by atoms with van der Waals surface area (Å²) in [6, 6.07) is -1.25. The molecule has 0 aromatic heterocycles. The number of nitrogens with one attached hydrogen (secondary N) is 1. The Morgan fingerprint density at radius 2 is 0.937 bits per heavy atom. The molecule has 372 valence electrons. The van der Waals surface area contributed by atoms with E-state index in [-0.39, 0.29) is 6.42 Å². The molecule has 0 spiro atoms. The molecule has 0 aliphatic heterocycles. The van der Waals surface area contributed by atoms with Crippen LogP contribution >= 0.6 is 7.82 Å². The molecule has 63 heavy (non-hydrogen) atoms. The molecule has 1 aliphatic carbocycles. The van der Waals surface area contributed by atoms with E-state index in [1.54, 1.807) is 6.08 Å². The molecule has 0 aromatic rings. The Labute approximate surface area is 382 Å². The highest BCUT2D eigenvalue weighted by molar-refractivity contribution is 7.47. The predicted molar refractivity (Wildman–Crippen MR) is 252 cm³/mol. The standard InChI is InChI=1S/C49H94NO12P/c1-3-5-7-9-11-13-15-17-19-20-21-23-25-27-29-31-33-35-37-42(52)41(39-61-63(59,60)62-49-47(57)45(55)44(54)46(56)48(49)58)50-43(53)38-40(51)36-34-32-30-28-26-24-22-18-16-14-12-10-8-6-4-2/h27,29,35,37,40-42,44-49,51-52,54-58H,3-26,28,30-34,36,38-39H2,1-2H3,(H,50,53)(H,59,60)/b29-27+,37-35+. The van der Waals surface area contributed by atoms with E-state index in [1.165, 1.54) is 147 Å². The van der Waals surface area contributed by atoms with Gasteiger partial charge in [-0.2, -0.15) is 0 Å². The van der Waals surface area contributed by atoms with Crippen molar-refractivity contribution >= 4 is 13.7 Å². The van der Waals surface area contributed by atoms with Gasteiger partial charge in [0.25, 0.3) is 0 Å². The summed E-state index contributed by atoms with van der Waals surface area (Å²) in [4.78, 5) is 23.5. The number of hydrogen-bond donors (Lipinski definition) is 9. The van der Waals surface area contributed by atoms with E-state index in [0.29, 0.717) is 12.8 Å². The number of carbonyl (C=O) groups excluding carboxylic acids is 1. The largest absolute Gasteiger partial charge is 0.472 e. The normalized spacial score (nSPS) is 23.0. The fourth-order valence-corrected chi connectivity index (χ4v) is 9.11. The van der Waals surface area contributed by atoms with Gasteiger partial charge in [-0.1, -0.05) is 205 Å². The maximum atomic E-state index is 13.0. The van der Waals surface area contributed by atoms with Gasteiger partial charge >= 0.3 is 7.82 Å². The van der Waals surface area contributed by atoms with Gasteiger partial charge in [-0.25, -0.2) is 4.57 Å². The van der Waals surface area contributed by atoms with E-state index >= 15 is 0 Å². The van der Waals surface area contributed by atoms with Gasteiger partial charge in [0.1, 0.15) is 36.6 Å². The molecule has 1 aliphatic rings. The molecule has 8 unspecified atom stereocenters. The van der Waals surface area contributed by atoms with Gasteiger partial charge in [0.05, 0.1) is 31.3 Å². The quantitative estimate of drug-likeness (QED) is 0.0159. The van der Waals surface area contributed by atoms with Gasteiger partial charge in [0.2, 0.25) is 5.91 Å². The van der Waals surface area contributed by atoms with Crippen LogP contribution in [0.4, 0.5) is 0 Å². The SMILES string of the molecule is CCCCCCCCCCCCCC/C=C/CC/C=C/C(O)C(COP(=O)(O)OC1C(O)C(O)C(O)C(O)C1O)NC(=O)CC(O)CCCCCCCCCCCCCCCCC. The number of aliphatic hydroxyl groups excluding tert-OH is 7. The first kappa shape index (κ1) is 59.8. The lowest BCUT2D eigenvalue weighted by atomic mass is 9.85. The third kappa shape index (κ3) is 30.6. The zero-order valence-electron chi connectivity index (χ0n) is 39.5. The van der Waals surface area contributed by atoms with E-state index in [2.05, 4.69) is 31.3 Å². The van der Waals surface area contributed by atoms with Crippen LogP contribution in [-0.4, -0.2) is 108 Å². The van der Waals surface area contributed by atoms with Crippen molar-refractivity contribution in [1.29, 1.82) is 0 Å². The van der Waals surface area contributed by atoms with Crippen LogP contribution in [0.2, 0.25) is 0 Å². The van der Waals surface area contributed by atoms with E-state index in [4.69, 9.17) is 9.05 Å². The molecule has 1 rings (SSSR count). The van der Waals surface area contributed by atoms with Gasteiger partial charge in [0.15, 0.2) is 0 Å². The Kier molecular flexibility index (Phi) is 36.9. The molecule has 0 heterocycles. The van der Waals surface area contributed by atoms with Crippen molar-refractivity contribution in [1.82, 2.24) is 5.32 Å². The molecule has 0 bridgehead atoms. The average Bonchev–Trinajstić information content (AvgIpc) is 3.26. The van der Waals surface area contributed by atoms with Crippen molar-refractivity contribution in [3.8, 4) is 0 Å². The minimum atomic E-state index is -5.15. The van der Waals surface area contributed by atoms with Gasteiger partial charge < -0.3 is 46.0 Å². The highest BCUT2D eigenvalue weighted by atomic mass is 31.2. The summed E-state index contributed by atoms with van der Waals surface area (Å²) in [5.74, 6) is -0.600. The summed E-state index contributed by atoms with van der Waals surface area (Å²) in [7, 11) is -5.15. The van der Waals surface area contributed by atoms with Crippen LogP contribution in [0.5, 0.6) is 0 Å². The topological polar surface area (TPSA) is 226 Å². The minimum absolute atomic E-state index is 0.249. The molecule has 9 N–H and O–H groups in total. The van der Waals surface area contributed by atoms with Crippen LogP contribution < -0.4 is 5.32 Å².